The van der Waals surface area contributed by atoms with Crippen molar-refractivity contribution in [2.75, 3.05) is 0 Å². The summed E-state index contributed by atoms with van der Waals surface area (Å²) in [5.74, 6) is 0. The SMILES string of the molecule is Cc1cnc2c(c1)CCC=C2. The third kappa shape index (κ3) is 1.18. The highest BCUT2D eigenvalue weighted by atomic mass is 14.7. The van der Waals surface area contributed by atoms with Gasteiger partial charge in [0.2, 0.25) is 0 Å². The summed E-state index contributed by atoms with van der Waals surface area (Å²) in [4.78, 5) is 4.33. The van der Waals surface area contributed by atoms with Gasteiger partial charge in [0.05, 0.1) is 5.69 Å². The maximum absolute atomic E-state index is 4.33. The Labute approximate surface area is 66.8 Å². The van der Waals surface area contributed by atoms with E-state index in [1.54, 1.807) is 0 Å². The van der Waals surface area contributed by atoms with Gasteiger partial charge in [0.1, 0.15) is 0 Å². The van der Waals surface area contributed by atoms with Crippen molar-refractivity contribution < 1.29 is 0 Å². The van der Waals surface area contributed by atoms with Crippen LogP contribution in [-0.4, -0.2) is 4.98 Å². The van der Waals surface area contributed by atoms with E-state index in [9.17, 15) is 0 Å². The van der Waals surface area contributed by atoms with E-state index in [1.165, 1.54) is 11.1 Å². The van der Waals surface area contributed by atoms with E-state index < -0.39 is 0 Å². The summed E-state index contributed by atoms with van der Waals surface area (Å²) in [5.41, 5.74) is 3.81. The largest absolute Gasteiger partial charge is 0.256 e. The Morgan fingerprint density at radius 3 is 3.27 bits per heavy atom. The van der Waals surface area contributed by atoms with Crippen LogP contribution in [0.25, 0.3) is 6.08 Å². The van der Waals surface area contributed by atoms with Crippen molar-refractivity contribution in [3.05, 3.63) is 35.2 Å². The number of aryl methyl sites for hydroxylation is 2. The molecule has 0 saturated carbocycles. The van der Waals surface area contributed by atoms with Crippen LogP contribution in [0.5, 0.6) is 0 Å². The minimum Gasteiger partial charge on any atom is -0.256 e. The van der Waals surface area contributed by atoms with Crippen LogP contribution in [0, 0.1) is 6.92 Å². The van der Waals surface area contributed by atoms with Gasteiger partial charge in [-0.2, -0.15) is 0 Å². The zero-order chi connectivity index (χ0) is 7.68. The van der Waals surface area contributed by atoms with Crippen LogP contribution in [0.1, 0.15) is 23.2 Å². The van der Waals surface area contributed by atoms with Crippen LogP contribution in [0.2, 0.25) is 0 Å². The Bertz CT molecular complexity index is 300. The van der Waals surface area contributed by atoms with E-state index in [0.29, 0.717) is 0 Å². The highest BCUT2D eigenvalue weighted by Gasteiger charge is 2.03. The van der Waals surface area contributed by atoms with Crippen molar-refractivity contribution in [2.45, 2.75) is 19.8 Å². The molecule has 1 heteroatoms. The van der Waals surface area contributed by atoms with Crippen molar-refractivity contribution in [3.8, 4) is 0 Å². The van der Waals surface area contributed by atoms with Crippen LogP contribution in [0.15, 0.2) is 18.3 Å². The maximum atomic E-state index is 4.33. The fourth-order valence-electron chi connectivity index (χ4n) is 1.42. The summed E-state index contributed by atoms with van der Waals surface area (Å²) >= 11 is 0. The molecule has 0 radical (unpaired) electrons. The van der Waals surface area contributed by atoms with E-state index in [4.69, 9.17) is 0 Å². The Morgan fingerprint density at radius 1 is 1.45 bits per heavy atom. The van der Waals surface area contributed by atoms with Gasteiger partial charge >= 0.3 is 0 Å². The number of allylic oxidation sites excluding steroid dienone is 1. The minimum atomic E-state index is 1.15. The van der Waals surface area contributed by atoms with Gasteiger partial charge in [0.25, 0.3) is 0 Å². The third-order valence-electron chi connectivity index (χ3n) is 1.99. The molecule has 0 N–H and O–H groups in total. The maximum Gasteiger partial charge on any atom is 0.0658 e. The lowest BCUT2D eigenvalue weighted by atomic mass is 10.0. The molecule has 11 heavy (non-hydrogen) atoms. The molecule has 1 aliphatic carbocycles. The molecule has 1 aliphatic rings. The lowest BCUT2D eigenvalue weighted by molar-refractivity contribution is 0.959. The fraction of sp³-hybridized carbons (Fsp3) is 0.300. The Balaban J connectivity index is 2.53. The molecule has 0 unspecified atom stereocenters. The summed E-state index contributed by atoms with van der Waals surface area (Å²) < 4.78 is 0. The summed E-state index contributed by atoms with van der Waals surface area (Å²) in [6.07, 6.45) is 8.54. The van der Waals surface area contributed by atoms with Gasteiger partial charge < -0.3 is 0 Å². The number of nitrogens with zero attached hydrogens (tertiary/aromatic N) is 1. The third-order valence-corrected chi connectivity index (χ3v) is 1.99. The average molecular weight is 145 g/mol. The number of pyridine rings is 1. The van der Waals surface area contributed by atoms with Crippen molar-refractivity contribution >= 4 is 6.08 Å². The topological polar surface area (TPSA) is 12.9 Å². The molecule has 0 aromatic carbocycles. The predicted molar refractivity (Wildman–Crippen MR) is 46.3 cm³/mol. The molecule has 2 rings (SSSR count). The van der Waals surface area contributed by atoms with E-state index in [1.807, 2.05) is 6.20 Å². The molecular weight excluding hydrogens is 134 g/mol. The highest BCUT2D eigenvalue weighted by molar-refractivity contribution is 5.52. The molecule has 1 aromatic heterocycles. The van der Waals surface area contributed by atoms with E-state index >= 15 is 0 Å². The standard InChI is InChI=1S/C10H11N/c1-8-6-9-4-2-3-5-10(9)11-7-8/h3,5-7H,2,4H2,1H3. The van der Waals surface area contributed by atoms with E-state index in [-0.39, 0.29) is 0 Å². The lowest BCUT2D eigenvalue weighted by Crippen LogP contribution is -1.97. The second kappa shape index (κ2) is 2.50. The van der Waals surface area contributed by atoms with Gasteiger partial charge in [0, 0.05) is 6.20 Å². The molecule has 0 bridgehead atoms. The van der Waals surface area contributed by atoms with Crippen LogP contribution in [-0.2, 0) is 6.42 Å². The quantitative estimate of drug-likeness (QED) is 0.546. The first-order valence-electron chi connectivity index (χ1n) is 3.98. The molecule has 56 valence electrons. The molecule has 0 atom stereocenters. The van der Waals surface area contributed by atoms with Crippen molar-refractivity contribution in [1.82, 2.24) is 4.98 Å². The first-order chi connectivity index (χ1) is 5.36. The predicted octanol–water partition coefficient (Wildman–Crippen LogP) is 2.35. The van der Waals surface area contributed by atoms with Gasteiger partial charge in [-0.1, -0.05) is 12.1 Å². The molecule has 1 aromatic rings. The van der Waals surface area contributed by atoms with E-state index in [2.05, 4.69) is 30.1 Å². The summed E-state index contributed by atoms with van der Waals surface area (Å²) in [6, 6.07) is 2.23. The van der Waals surface area contributed by atoms with Crippen molar-refractivity contribution in [2.24, 2.45) is 0 Å². The van der Waals surface area contributed by atoms with Gasteiger partial charge in [-0.05, 0) is 37.0 Å². The Kier molecular flexibility index (Phi) is 1.50. The van der Waals surface area contributed by atoms with Crippen molar-refractivity contribution in [1.29, 1.82) is 0 Å². The van der Waals surface area contributed by atoms with Gasteiger partial charge in [-0.15, -0.1) is 0 Å². The molecule has 0 saturated heterocycles. The second-order valence-corrected chi connectivity index (χ2v) is 3.00. The molecule has 1 nitrogen and oxygen atoms in total. The Hall–Kier alpha value is -1.11. The number of fused-ring (bicyclic) bond motifs is 1. The first-order valence-corrected chi connectivity index (χ1v) is 3.98. The molecular formula is C10H11N. The molecule has 0 aliphatic heterocycles. The van der Waals surface area contributed by atoms with Crippen LogP contribution >= 0.6 is 0 Å². The van der Waals surface area contributed by atoms with Gasteiger partial charge in [-0.3, -0.25) is 4.98 Å². The second-order valence-electron chi connectivity index (χ2n) is 3.00. The first kappa shape index (κ1) is 6.59. The zero-order valence-corrected chi connectivity index (χ0v) is 6.67. The summed E-state index contributed by atoms with van der Waals surface area (Å²) in [6.45, 7) is 2.09. The number of aromatic nitrogens is 1. The number of hydrogen-bond donors (Lipinski definition) is 0. The fourth-order valence-corrected chi connectivity index (χ4v) is 1.42. The average Bonchev–Trinajstić information content (AvgIpc) is 2.04. The molecule has 0 fully saturated rings. The summed E-state index contributed by atoms with van der Waals surface area (Å²) in [5, 5.41) is 0. The van der Waals surface area contributed by atoms with Crippen LogP contribution in [0.4, 0.5) is 0 Å². The van der Waals surface area contributed by atoms with Crippen LogP contribution < -0.4 is 0 Å². The van der Waals surface area contributed by atoms with Gasteiger partial charge in [-0.25, -0.2) is 0 Å². The monoisotopic (exact) mass is 145 g/mol. The zero-order valence-electron chi connectivity index (χ0n) is 6.67. The van der Waals surface area contributed by atoms with E-state index in [0.717, 1.165) is 18.5 Å². The number of rotatable bonds is 0. The van der Waals surface area contributed by atoms with Gasteiger partial charge in [0.15, 0.2) is 0 Å². The Morgan fingerprint density at radius 2 is 2.36 bits per heavy atom. The normalized spacial score (nSPS) is 14.6. The van der Waals surface area contributed by atoms with Crippen LogP contribution in [0.3, 0.4) is 0 Å². The molecule has 0 spiro atoms. The minimum absolute atomic E-state index is 1.15. The number of hydrogen-bond acceptors (Lipinski definition) is 1. The smallest absolute Gasteiger partial charge is 0.0658 e. The summed E-state index contributed by atoms with van der Waals surface area (Å²) in [7, 11) is 0. The van der Waals surface area contributed by atoms with Crippen molar-refractivity contribution in [3.63, 3.8) is 0 Å². The highest BCUT2D eigenvalue weighted by Crippen LogP contribution is 2.17. The lowest BCUT2D eigenvalue weighted by Gasteiger charge is -2.08. The molecule has 1 heterocycles. The molecule has 0 amide bonds.